The number of nitrogens with two attached hydrogens (primary N) is 3. The molecule has 0 unspecified atom stereocenters. The maximum atomic E-state index is 10.5. The molecule has 0 fully saturated rings. The average molecular weight is 223 g/mol. The second-order valence-corrected chi connectivity index (χ2v) is 2.86. The summed E-state index contributed by atoms with van der Waals surface area (Å²) in [7, 11) is 0. The molecular weight excluding hydrogens is 210 g/mol. The molecule has 16 heavy (non-hydrogen) atoms. The summed E-state index contributed by atoms with van der Waals surface area (Å²) in [4.78, 5) is 31.5. The Kier molecular flexibility index (Phi) is 5.96. The van der Waals surface area contributed by atoms with Crippen molar-refractivity contribution in [1.29, 1.82) is 0 Å². The van der Waals surface area contributed by atoms with E-state index in [4.69, 9.17) is 17.2 Å². The highest BCUT2D eigenvalue weighted by atomic mass is 16.1. The molecule has 0 radical (unpaired) electrons. The van der Waals surface area contributed by atoms with Crippen molar-refractivity contribution in [3.63, 3.8) is 0 Å². The van der Waals surface area contributed by atoms with Crippen LogP contribution in [0.4, 0.5) is 0 Å². The standard InChI is InChI=1S/C10H13N3O3/c11-8(14)4-1-7(2-5-9(12)15)3-6-10(13)16/h1-7H,(H2,11,14)(H2,12,15)(H2,13,16). The lowest BCUT2D eigenvalue weighted by Crippen LogP contribution is -2.09. The Balaban J connectivity index is 4.69. The molecule has 0 atom stereocenters. The number of rotatable bonds is 6. The summed E-state index contributed by atoms with van der Waals surface area (Å²) >= 11 is 0. The zero-order valence-corrected chi connectivity index (χ0v) is 8.50. The fourth-order valence-corrected chi connectivity index (χ4v) is 0.810. The van der Waals surface area contributed by atoms with Crippen molar-refractivity contribution in [2.75, 3.05) is 0 Å². The third kappa shape index (κ3) is 8.24. The SMILES string of the molecule is NC(=O)C=CC(C=CC(N)=O)C=CC(N)=O. The number of primary amides is 3. The molecule has 3 amide bonds. The molecule has 6 N–H and O–H groups in total. The molecule has 0 heterocycles. The second-order valence-electron chi connectivity index (χ2n) is 2.86. The molecule has 0 aliphatic carbocycles. The van der Waals surface area contributed by atoms with Gasteiger partial charge in [0, 0.05) is 5.92 Å². The molecule has 6 heteroatoms. The summed E-state index contributed by atoms with van der Waals surface area (Å²) in [5.41, 5.74) is 14.7. The predicted molar refractivity (Wildman–Crippen MR) is 58.5 cm³/mol. The molecule has 0 aliphatic heterocycles. The molecule has 0 aromatic heterocycles. The van der Waals surface area contributed by atoms with Crippen molar-refractivity contribution >= 4 is 17.7 Å². The van der Waals surface area contributed by atoms with E-state index in [0.717, 1.165) is 18.2 Å². The van der Waals surface area contributed by atoms with Crippen LogP contribution in [0, 0.1) is 5.92 Å². The van der Waals surface area contributed by atoms with Crippen molar-refractivity contribution in [3.8, 4) is 0 Å². The summed E-state index contributed by atoms with van der Waals surface area (Å²) in [5, 5.41) is 0. The van der Waals surface area contributed by atoms with Gasteiger partial charge in [0.1, 0.15) is 0 Å². The summed E-state index contributed by atoms with van der Waals surface area (Å²) in [5.74, 6) is -2.35. The lowest BCUT2D eigenvalue weighted by atomic mass is 10.1. The Morgan fingerprint density at radius 1 is 0.688 bits per heavy atom. The maximum Gasteiger partial charge on any atom is 0.241 e. The molecule has 0 spiro atoms. The summed E-state index contributed by atoms with van der Waals surface area (Å²) < 4.78 is 0. The van der Waals surface area contributed by atoms with Gasteiger partial charge >= 0.3 is 0 Å². The van der Waals surface area contributed by atoms with Crippen LogP contribution < -0.4 is 17.2 Å². The van der Waals surface area contributed by atoms with E-state index < -0.39 is 23.6 Å². The number of hydrogen-bond acceptors (Lipinski definition) is 3. The minimum Gasteiger partial charge on any atom is -0.366 e. The predicted octanol–water partition coefficient (Wildman–Crippen LogP) is -1.27. The smallest absolute Gasteiger partial charge is 0.241 e. The zero-order chi connectivity index (χ0) is 12.6. The van der Waals surface area contributed by atoms with Gasteiger partial charge in [0.2, 0.25) is 17.7 Å². The molecule has 86 valence electrons. The van der Waals surface area contributed by atoms with Gasteiger partial charge in [-0.15, -0.1) is 0 Å². The number of allylic oxidation sites excluding steroid dienone is 3. The minimum absolute atomic E-state index is 0.451. The summed E-state index contributed by atoms with van der Waals surface area (Å²) in [6.45, 7) is 0. The van der Waals surface area contributed by atoms with Crippen molar-refractivity contribution in [3.05, 3.63) is 36.5 Å². The van der Waals surface area contributed by atoms with Gasteiger partial charge in [-0.05, 0) is 18.2 Å². The van der Waals surface area contributed by atoms with E-state index in [-0.39, 0.29) is 0 Å². The van der Waals surface area contributed by atoms with Crippen LogP contribution in [0.25, 0.3) is 0 Å². The van der Waals surface area contributed by atoms with Crippen molar-refractivity contribution < 1.29 is 14.4 Å². The molecule has 0 aliphatic rings. The van der Waals surface area contributed by atoms with Crippen LogP contribution in [0.5, 0.6) is 0 Å². The first-order valence-electron chi connectivity index (χ1n) is 4.34. The summed E-state index contributed by atoms with van der Waals surface area (Å²) in [6, 6.07) is 0. The Labute approximate surface area is 92.5 Å². The third-order valence-electron chi connectivity index (χ3n) is 1.45. The molecule has 0 saturated carbocycles. The van der Waals surface area contributed by atoms with E-state index in [9.17, 15) is 14.4 Å². The largest absolute Gasteiger partial charge is 0.366 e. The van der Waals surface area contributed by atoms with Crippen molar-refractivity contribution in [2.24, 2.45) is 23.1 Å². The van der Waals surface area contributed by atoms with Gasteiger partial charge in [0.05, 0.1) is 0 Å². The first kappa shape index (κ1) is 13.6. The van der Waals surface area contributed by atoms with Crippen molar-refractivity contribution in [2.45, 2.75) is 0 Å². The van der Waals surface area contributed by atoms with Crippen LogP contribution in [0.15, 0.2) is 36.5 Å². The second kappa shape index (κ2) is 6.99. The van der Waals surface area contributed by atoms with Gasteiger partial charge in [-0.3, -0.25) is 14.4 Å². The Bertz CT molecular complexity index is 312. The molecule has 0 rings (SSSR count). The molecule has 0 saturated heterocycles. The highest BCUT2D eigenvalue weighted by molar-refractivity contribution is 5.87. The topological polar surface area (TPSA) is 129 Å². The van der Waals surface area contributed by atoms with Crippen LogP contribution in [-0.2, 0) is 14.4 Å². The molecule has 0 aromatic rings. The Morgan fingerprint density at radius 2 is 0.938 bits per heavy atom. The maximum absolute atomic E-state index is 10.5. The van der Waals surface area contributed by atoms with Gasteiger partial charge in [-0.1, -0.05) is 18.2 Å². The number of hydrogen-bond donors (Lipinski definition) is 3. The van der Waals surface area contributed by atoms with Crippen LogP contribution in [0.1, 0.15) is 0 Å². The van der Waals surface area contributed by atoms with Crippen LogP contribution in [0.3, 0.4) is 0 Å². The van der Waals surface area contributed by atoms with Gasteiger partial charge < -0.3 is 17.2 Å². The quantitative estimate of drug-likeness (QED) is 0.485. The molecule has 0 bridgehead atoms. The number of carbonyl (C=O) groups is 3. The summed E-state index contributed by atoms with van der Waals surface area (Å²) in [6.07, 6.45) is 7.55. The van der Waals surface area contributed by atoms with Crippen molar-refractivity contribution in [1.82, 2.24) is 0 Å². The van der Waals surface area contributed by atoms with E-state index in [0.29, 0.717) is 0 Å². The number of carbonyl (C=O) groups excluding carboxylic acids is 3. The van der Waals surface area contributed by atoms with E-state index in [1.54, 1.807) is 0 Å². The molecular formula is C10H13N3O3. The monoisotopic (exact) mass is 223 g/mol. The Morgan fingerprint density at radius 3 is 1.12 bits per heavy atom. The van der Waals surface area contributed by atoms with Gasteiger partial charge in [-0.2, -0.15) is 0 Å². The lowest BCUT2D eigenvalue weighted by molar-refractivity contribution is -0.114. The molecule has 6 nitrogen and oxygen atoms in total. The lowest BCUT2D eigenvalue weighted by Gasteiger charge is -1.98. The highest BCUT2D eigenvalue weighted by Gasteiger charge is 1.97. The molecule has 0 aromatic carbocycles. The van der Waals surface area contributed by atoms with Gasteiger partial charge in [0.15, 0.2) is 0 Å². The average Bonchev–Trinajstić information content (AvgIpc) is 2.15. The van der Waals surface area contributed by atoms with E-state index in [1.807, 2.05) is 0 Å². The van der Waals surface area contributed by atoms with Crippen LogP contribution >= 0.6 is 0 Å². The van der Waals surface area contributed by atoms with E-state index in [2.05, 4.69) is 0 Å². The first-order chi connectivity index (χ1) is 7.41. The highest BCUT2D eigenvalue weighted by Crippen LogP contribution is 2.03. The van der Waals surface area contributed by atoms with Gasteiger partial charge in [-0.25, -0.2) is 0 Å². The number of amides is 3. The third-order valence-corrected chi connectivity index (χ3v) is 1.45. The van der Waals surface area contributed by atoms with Crippen LogP contribution in [0.2, 0.25) is 0 Å². The zero-order valence-electron chi connectivity index (χ0n) is 8.50. The fraction of sp³-hybridized carbons (Fsp3) is 0.100. The first-order valence-corrected chi connectivity index (χ1v) is 4.34. The normalized spacial score (nSPS) is 13.5. The van der Waals surface area contributed by atoms with Crippen LogP contribution in [-0.4, -0.2) is 17.7 Å². The Hall–Kier alpha value is -2.37. The van der Waals surface area contributed by atoms with Gasteiger partial charge in [0.25, 0.3) is 0 Å². The minimum atomic E-state index is -0.634. The fourth-order valence-electron chi connectivity index (χ4n) is 0.810. The van der Waals surface area contributed by atoms with E-state index >= 15 is 0 Å². The van der Waals surface area contributed by atoms with E-state index in [1.165, 1.54) is 18.2 Å².